The van der Waals surface area contributed by atoms with Crippen molar-refractivity contribution in [2.45, 2.75) is 6.92 Å². The Morgan fingerprint density at radius 2 is 1.94 bits per heavy atom. The van der Waals surface area contributed by atoms with Gasteiger partial charge in [0.15, 0.2) is 0 Å². The Hall–Kier alpha value is -2.93. The first kappa shape index (κ1) is 22.7. The van der Waals surface area contributed by atoms with Crippen molar-refractivity contribution < 1.29 is 21.7 Å². The van der Waals surface area contributed by atoms with Gasteiger partial charge in [-0.15, -0.1) is 0 Å². The average molecular weight is 463 g/mol. The van der Waals surface area contributed by atoms with Crippen molar-refractivity contribution in [3.8, 4) is 0 Å². The summed E-state index contributed by atoms with van der Waals surface area (Å²) in [7, 11) is 0.479. The van der Waals surface area contributed by atoms with Gasteiger partial charge in [-0.25, -0.2) is 13.0 Å². The summed E-state index contributed by atoms with van der Waals surface area (Å²) in [4.78, 5) is 2.18. The molecule has 0 amide bonds. The Labute approximate surface area is 183 Å². The molecule has 0 spiro atoms. The molecule has 0 aliphatic heterocycles. The van der Waals surface area contributed by atoms with E-state index in [4.69, 9.17) is 0 Å². The standard InChI is InChI=1S/C18H19N6S.CH4O4S/c1-4-23(2)14-7-5-13(6-8-14)20-22-18-24(3)16-10-15-12(11-19-21-15)9-17(16)25-18;1-5-6(2,3)4/h5-11H,4H2,1-3H3,(H,19,21);1H3,(H,2,3,4)/q+1;/p-1. The first-order valence-electron chi connectivity index (χ1n) is 9.22. The second-order valence-electron chi connectivity index (χ2n) is 6.53. The number of benzene rings is 2. The molecule has 0 bridgehead atoms. The Morgan fingerprint density at radius 3 is 2.55 bits per heavy atom. The van der Waals surface area contributed by atoms with Gasteiger partial charge in [0.2, 0.25) is 10.4 Å². The van der Waals surface area contributed by atoms with Crippen LogP contribution in [-0.4, -0.2) is 43.9 Å². The number of hydrogen-bond donors (Lipinski definition) is 1. The highest BCUT2D eigenvalue weighted by atomic mass is 32.3. The minimum Gasteiger partial charge on any atom is -0.726 e. The number of H-pyrrole nitrogens is 1. The van der Waals surface area contributed by atoms with Gasteiger partial charge < -0.3 is 9.45 Å². The van der Waals surface area contributed by atoms with E-state index in [9.17, 15) is 13.0 Å². The van der Waals surface area contributed by atoms with Gasteiger partial charge in [-0.3, -0.25) is 9.28 Å². The van der Waals surface area contributed by atoms with Gasteiger partial charge >= 0.3 is 5.13 Å². The molecule has 4 rings (SSSR count). The Balaban J connectivity index is 0.000000401. The van der Waals surface area contributed by atoms with Crippen LogP contribution in [0.15, 0.2) is 52.8 Å². The van der Waals surface area contributed by atoms with Gasteiger partial charge in [-0.1, -0.05) is 0 Å². The molecule has 0 aliphatic carbocycles. The third kappa shape index (κ3) is 5.61. The van der Waals surface area contributed by atoms with Gasteiger partial charge in [0.25, 0.3) is 0 Å². The zero-order valence-electron chi connectivity index (χ0n) is 17.4. The number of aryl methyl sites for hydroxylation is 1. The third-order valence-electron chi connectivity index (χ3n) is 4.59. The zero-order valence-corrected chi connectivity index (χ0v) is 19.1. The van der Waals surface area contributed by atoms with E-state index in [1.807, 2.05) is 25.4 Å². The number of fused-ring (bicyclic) bond motifs is 2. The van der Waals surface area contributed by atoms with Crippen molar-refractivity contribution in [2.75, 3.05) is 25.6 Å². The molecule has 0 unspecified atom stereocenters. The number of nitrogens with one attached hydrogen (secondary N) is 1. The van der Waals surface area contributed by atoms with Crippen molar-refractivity contribution >= 4 is 59.4 Å². The van der Waals surface area contributed by atoms with Gasteiger partial charge in [-0.05, 0) is 53.7 Å². The molecule has 4 aromatic rings. The van der Waals surface area contributed by atoms with Crippen LogP contribution >= 0.6 is 11.3 Å². The number of aromatic amines is 1. The van der Waals surface area contributed by atoms with E-state index < -0.39 is 10.4 Å². The number of azo groups is 1. The fraction of sp³-hybridized carbons (Fsp3) is 0.263. The van der Waals surface area contributed by atoms with Gasteiger partial charge in [0.05, 0.1) is 35.7 Å². The number of rotatable bonds is 5. The molecular weight excluding hydrogens is 440 g/mol. The predicted octanol–water partition coefficient (Wildman–Crippen LogP) is 3.57. The van der Waals surface area contributed by atoms with Crippen molar-refractivity contribution in [3.63, 3.8) is 0 Å². The quantitative estimate of drug-likeness (QED) is 0.209. The van der Waals surface area contributed by atoms with E-state index in [1.54, 1.807) is 11.3 Å². The molecule has 10 nitrogen and oxygen atoms in total. The van der Waals surface area contributed by atoms with Crippen LogP contribution in [0.3, 0.4) is 0 Å². The van der Waals surface area contributed by atoms with Crippen LogP contribution < -0.4 is 9.47 Å². The van der Waals surface area contributed by atoms with Crippen molar-refractivity contribution in [1.82, 2.24) is 10.2 Å². The summed E-state index contributed by atoms with van der Waals surface area (Å²) in [5.41, 5.74) is 4.18. The summed E-state index contributed by atoms with van der Waals surface area (Å²) in [5, 5.41) is 17.9. The summed E-state index contributed by atoms with van der Waals surface area (Å²) in [6.45, 7) is 3.11. The number of hydrogen-bond acceptors (Lipinski definition) is 9. The molecule has 31 heavy (non-hydrogen) atoms. The highest BCUT2D eigenvalue weighted by molar-refractivity contribution is 7.80. The summed E-state index contributed by atoms with van der Waals surface area (Å²) in [6, 6.07) is 12.4. The van der Waals surface area contributed by atoms with Crippen LogP contribution in [0, 0.1) is 0 Å². The fourth-order valence-corrected chi connectivity index (χ4v) is 3.72. The average Bonchev–Trinajstić information content (AvgIpc) is 3.34. The molecule has 0 aliphatic rings. The van der Waals surface area contributed by atoms with Crippen LogP contribution in [-0.2, 0) is 21.6 Å². The Bertz CT molecular complexity index is 1310. The minimum absolute atomic E-state index is 0.808. The second kappa shape index (κ2) is 9.47. The SMILES string of the molecule is CCN(C)c1ccc(N=Nc2sc3cc4cn[nH]c4cc3[n+]2C)cc1.COS(=O)(=O)[O-]. The highest BCUT2D eigenvalue weighted by Gasteiger charge is 2.17. The van der Waals surface area contributed by atoms with Crippen molar-refractivity contribution in [2.24, 2.45) is 17.3 Å². The molecule has 0 fully saturated rings. The molecule has 0 atom stereocenters. The third-order valence-corrected chi connectivity index (χ3v) is 6.08. The number of thiazole rings is 1. The summed E-state index contributed by atoms with van der Waals surface area (Å²) < 4.78 is 34.3. The van der Waals surface area contributed by atoms with E-state index in [0.717, 1.165) is 40.9 Å². The fourth-order valence-electron chi connectivity index (χ4n) is 2.72. The summed E-state index contributed by atoms with van der Waals surface area (Å²) in [5.74, 6) is 0. The predicted molar refractivity (Wildman–Crippen MR) is 119 cm³/mol. The lowest BCUT2D eigenvalue weighted by Crippen LogP contribution is -2.25. The van der Waals surface area contributed by atoms with E-state index >= 15 is 0 Å². The first-order chi connectivity index (χ1) is 14.7. The van der Waals surface area contributed by atoms with Crippen LogP contribution in [0.25, 0.3) is 21.1 Å². The molecule has 2 aromatic heterocycles. The summed E-state index contributed by atoms with van der Waals surface area (Å²) >= 11 is 1.63. The van der Waals surface area contributed by atoms with Gasteiger partial charge in [0.1, 0.15) is 11.2 Å². The molecule has 164 valence electrons. The maximum Gasteiger partial charge on any atom is 0.409 e. The lowest BCUT2D eigenvalue weighted by atomic mass is 10.2. The molecule has 2 heterocycles. The van der Waals surface area contributed by atoms with E-state index in [0.29, 0.717) is 0 Å². The molecular formula is C19H22N6O4S2. The lowest BCUT2D eigenvalue weighted by Gasteiger charge is -2.15. The molecule has 0 saturated heterocycles. The Morgan fingerprint density at radius 1 is 1.26 bits per heavy atom. The summed E-state index contributed by atoms with van der Waals surface area (Å²) in [6.07, 6.45) is 1.84. The van der Waals surface area contributed by atoms with Crippen molar-refractivity contribution in [3.05, 3.63) is 42.6 Å². The first-order valence-corrected chi connectivity index (χ1v) is 11.4. The van der Waals surface area contributed by atoms with Crippen LogP contribution in [0.1, 0.15) is 6.92 Å². The number of aromatic nitrogens is 3. The molecule has 0 saturated carbocycles. The van der Waals surface area contributed by atoms with Gasteiger partial charge in [-0.2, -0.15) is 5.10 Å². The molecule has 2 aromatic carbocycles. The van der Waals surface area contributed by atoms with Gasteiger partial charge in [0, 0.05) is 30.7 Å². The van der Waals surface area contributed by atoms with E-state index in [-0.39, 0.29) is 0 Å². The smallest absolute Gasteiger partial charge is 0.409 e. The minimum atomic E-state index is -4.41. The second-order valence-corrected chi connectivity index (χ2v) is 8.69. The van der Waals surface area contributed by atoms with Crippen LogP contribution in [0.2, 0.25) is 0 Å². The van der Waals surface area contributed by atoms with E-state index in [2.05, 4.69) is 72.3 Å². The van der Waals surface area contributed by atoms with Crippen molar-refractivity contribution in [1.29, 1.82) is 0 Å². The molecule has 1 N–H and O–H groups in total. The monoisotopic (exact) mass is 462 g/mol. The van der Waals surface area contributed by atoms with Crippen LogP contribution in [0.5, 0.6) is 0 Å². The highest BCUT2D eigenvalue weighted by Crippen LogP contribution is 2.30. The zero-order chi connectivity index (χ0) is 22.6. The molecule has 0 radical (unpaired) electrons. The number of anilines is 1. The van der Waals surface area contributed by atoms with Crippen LogP contribution in [0.4, 0.5) is 16.5 Å². The lowest BCUT2D eigenvalue weighted by molar-refractivity contribution is -0.627. The molecule has 12 heteroatoms. The largest absolute Gasteiger partial charge is 0.726 e. The number of nitrogens with zero attached hydrogens (tertiary/aromatic N) is 5. The van der Waals surface area contributed by atoms with E-state index in [1.165, 1.54) is 10.4 Å². The maximum atomic E-state index is 9.22. The topological polar surface area (TPSA) is 127 Å². The maximum absolute atomic E-state index is 9.22. The normalized spacial score (nSPS) is 11.8. The Kier molecular flexibility index (Phi) is 6.95.